The van der Waals surface area contributed by atoms with E-state index in [0.29, 0.717) is 31.9 Å². The number of carbonyl (C=O) groups is 1. The van der Waals surface area contributed by atoms with Crippen LogP contribution in [0, 0.1) is 13.8 Å². The van der Waals surface area contributed by atoms with Crippen LogP contribution in [0.4, 0.5) is 0 Å². The number of hydrogen-bond acceptors (Lipinski definition) is 6. The minimum absolute atomic E-state index is 0. The second-order valence-electron chi connectivity index (χ2n) is 9.69. The van der Waals surface area contributed by atoms with Crippen molar-refractivity contribution in [1.29, 1.82) is 0 Å². The van der Waals surface area contributed by atoms with E-state index >= 15 is 0 Å². The van der Waals surface area contributed by atoms with Gasteiger partial charge in [-0.25, -0.2) is 4.79 Å². The number of hydrogen-bond donors (Lipinski definition) is 0. The molecule has 4 aromatic rings. The third-order valence-electron chi connectivity index (χ3n) is 6.77. The molecule has 5 rings (SSSR count). The molecule has 202 valence electrons. The van der Waals surface area contributed by atoms with Crippen molar-refractivity contribution in [2.24, 2.45) is 0 Å². The van der Waals surface area contributed by atoms with E-state index in [-0.39, 0.29) is 63.8 Å². The maximum Gasteiger partial charge on any atom is 1.00 e. The minimum atomic E-state index is -0.900. The predicted molar refractivity (Wildman–Crippen MR) is 145 cm³/mol. The maximum atomic E-state index is 11.8. The summed E-state index contributed by atoms with van der Waals surface area (Å²) in [6, 6.07) is 19.6. The number of nitrogens with zero attached hydrogens (tertiary/aromatic N) is 3. The van der Waals surface area contributed by atoms with Crippen LogP contribution in [-0.2, 0) is 17.9 Å². The van der Waals surface area contributed by atoms with Crippen molar-refractivity contribution >= 4 is 5.91 Å². The van der Waals surface area contributed by atoms with Gasteiger partial charge in [-0.2, -0.15) is 0 Å². The number of amides is 1. The van der Waals surface area contributed by atoms with Gasteiger partial charge in [0.2, 0.25) is 5.91 Å². The number of likely N-dealkylation sites (tertiary alicyclic amines) is 1. The molecule has 1 aliphatic heterocycles. The van der Waals surface area contributed by atoms with Gasteiger partial charge < -0.3 is 23.9 Å². The summed E-state index contributed by atoms with van der Waals surface area (Å²) in [6.45, 7) is 6.59. The Morgan fingerprint density at radius 2 is 1.65 bits per heavy atom. The van der Waals surface area contributed by atoms with E-state index in [1.165, 1.54) is 0 Å². The van der Waals surface area contributed by atoms with Crippen LogP contribution in [0.1, 0.15) is 35.1 Å². The van der Waals surface area contributed by atoms with E-state index in [9.17, 15) is 14.4 Å². The molecule has 3 aromatic carbocycles. The number of benzene rings is 3. The van der Waals surface area contributed by atoms with Gasteiger partial charge in [0.25, 0.3) is 0 Å². The summed E-state index contributed by atoms with van der Waals surface area (Å²) in [5.41, 5.74) is 5.60. The van der Waals surface area contributed by atoms with Gasteiger partial charge in [0.15, 0.2) is 5.69 Å². The fourth-order valence-corrected chi connectivity index (χ4v) is 4.90. The van der Waals surface area contributed by atoms with Gasteiger partial charge >= 0.3 is 57.1 Å². The summed E-state index contributed by atoms with van der Waals surface area (Å²) in [7, 11) is 0. The number of ether oxygens (including phenoxy) is 2. The number of rotatable bonds is 10. The molecule has 0 aliphatic carbocycles. The van der Waals surface area contributed by atoms with Crippen LogP contribution < -0.4 is 77.3 Å². The maximum absolute atomic E-state index is 11.8. The Morgan fingerprint density at radius 1 is 0.900 bits per heavy atom. The van der Waals surface area contributed by atoms with Crippen molar-refractivity contribution in [2.75, 3.05) is 19.7 Å². The minimum Gasteiger partial charge on any atom is -0.492 e. The molecular formula is C30H30KN3O6. The summed E-state index contributed by atoms with van der Waals surface area (Å²) in [5.74, 6) is 0.805. The van der Waals surface area contributed by atoms with Crippen LogP contribution in [0.15, 0.2) is 74.8 Å². The Balaban J connectivity index is 0.00000370. The second-order valence-corrected chi connectivity index (χ2v) is 9.69. The average Bonchev–Trinajstić information content (AvgIpc) is 3.46. The van der Waals surface area contributed by atoms with Gasteiger partial charge in [0.1, 0.15) is 24.7 Å². The molecule has 0 radical (unpaired) electrons. The SMILES string of the molecule is Cc1cc(OCCN2CCCC2=O)cc(C)c1-c1cccc(COc2ccc(Cn3oc(=O)[n-]c3=O)cc2)c1.[K+]. The van der Waals surface area contributed by atoms with Crippen LogP contribution in [0.2, 0.25) is 0 Å². The fourth-order valence-electron chi connectivity index (χ4n) is 4.90. The monoisotopic (exact) mass is 567 g/mol. The Morgan fingerprint density at radius 3 is 2.30 bits per heavy atom. The Bertz CT molecular complexity index is 1560. The third-order valence-corrected chi connectivity index (χ3v) is 6.77. The van der Waals surface area contributed by atoms with Gasteiger partial charge in [-0.3, -0.25) is 14.3 Å². The molecule has 10 heteroatoms. The molecular weight excluding hydrogens is 537 g/mol. The van der Waals surface area contributed by atoms with E-state index in [0.717, 1.165) is 56.8 Å². The number of aromatic nitrogens is 2. The zero-order valence-electron chi connectivity index (χ0n) is 23.0. The van der Waals surface area contributed by atoms with Gasteiger partial charge in [0, 0.05) is 19.5 Å². The standard InChI is InChI=1S/C30H31N3O6.K/c1-20-15-26(37-14-13-32-12-4-7-27(32)34)16-21(2)28(20)24-6-3-5-23(17-24)19-38-25-10-8-22(9-11-25)18-33-29(35)31-30(36)39-33;/h3,5-6,8-11,15-17H,4,7,12-14,18-19H2,1-2H3,(H,31,35,36);/q;+1/p-1. The van der Waals surface area contributed by atoms with E-state index < -0.39 is 11.4 Å². The van der Waals surface area contributed by atoms with E-state index in [4.69, 9.17) is 14.0 Å². The quantitative estimate of drug-likeness (QED) is 0.260. The molecule has 2 heterocycles. The van der Waals surface area contributed by atoms with Crippen LogP contribution in [0.5, 0.6) is 11.5 Å². The Hall–Kier alpha value is -2.89. The van der Waals surface area contributed by atoms with Gasteiger partial charge in [-0.1, -0.05) is 30.3 Å². The van der Waals surface area contributed by atoms with Gasteiger partial charge in [0.05, 0.1) is 6.54 Å². The number of carbonyl (C=O) groups excluding carboxylic acids is 1. The van der Waals surface area contributed by atoms with Gasteiger partial charge in [-0.15, -0.1) is 0 Å². The van der Waals surface area contributed by atoms with Crippen molar-refractivity contribution in [3.05, 3.63) is 104 Å². The van der Waals surface area contributed by atoms with E-state index in [1.807, 2.05) is 53.4 Å². The molecule has 0 N–H and O–H groups in total. The first-order valence-electron chi connectivity index (χ1n) is 12.9. The van der Waals surface area contributed by atoms with Crippen molar-refractivity contribution in [1.82, 2.24) is 14.6 Å². The molecule has 9 nitrogen and oxygen atoms in total. The molecule has 1 amide bonds. The Kier molecular flexibility index (Phi) is 10.3. The summed E-state index contributed by atoms with van der Waals surface area (Å²) in [6.07, 6.45) is 1.57. The van der Waals surface area contributed by atoms with Crippen LogP contribution in [-0.4, -0.2) is 35.2 Å². The first kappa shape index (κ1) is 30.1. The summed E-state index contributed by atoms with van der Waals surface area (Å²) < 4.78 is 17.6. The van der Waals surface area contributed by atoms with Crippen molar-refractivity contribution in [3.8, 4) is 22.6 Å². The van der Waals surface area contributed by atoms with Crippen LogP contribution in [0.3, 0.4) is 0 Å². The third kappa shape index (κ3) is 7.44. The topological polar surface area (TPSA) is 105 Å². The number of aryl methyl sites for hydroxylation is 2. The summed E-state index contributed by atoms with van der Waals surface area (Å²) >= 11 is 0. The van der Waals surface area contributed by atoms with Crippen LogP contribution >= 0.6 is 0 Å². The predicted octanol–water partition coefficient (Wildman–Crippen LogP) is 0.675. The molecule has 1 aromatic heterocycles. The van der Waals surface area contributed by atoms with Crippen molar-refractivity contribution in [2.45, 2.75) is 39.8 Å². The average molecular weight is 568 g/mol. The Labute approximate surface area is 274 Å². The van der Waals surface area contributed by atoms with Gasteiger partial charge in [-0.05, 0) is 84.0 Å². The van der Waals surface area contributed by atoms with E-state index in [1.54, 1.807) is 0 Å². The second kappa shape index (κ2) is 13.6. The molecule has 0 unspecified atom stereocenters. The van der Waals surface area contributed by atoms with Crippen molar-refractivity contribution in [3.63, 3.8) is 0 Å². The molecule has 40 heavy (non-hydrogen) atoms. The van der Waals surface area contributed by atoms with Crippen LogP contribution in [0.25, 0.3) is 11.1 Å². The first-order valence-corrected chi connectivity index (χ1v) is 12.9. The molecule has 1 saturated heterocycles. The zero-order valence-corrected chi connectivity index (χ0v) is 26.1. The summed E-state index contributed by atoms with van der Waals surface area (Å²) in [4.78, 5) is 39.5. The molecule has 0 atom stereocenters. The fraction of sp³-hybridized carbons (Fsp3) is 0.300. The molecule has 1 fully saturated rings. The zero-order chi connectivity index (χ0) is 27.4. The first-order chi connectivity index (χ1) is 18.9. The van der Waals surface area contributed by atoms with Crippen molar-refractivity contribution < 1.29 is 70.2 Å². The smallest absolute Gasteiger partial charge is 0.492 e. The summed E-state index contributed by atoms with van der Waals surface area (Å²) in [5, 5.41) is 0. The molecule has 0 bridgehead atoms. The molecule has 0 spiro atoms. The van der Waals surface area contributed by atoms with E-state index in [2.05, 4.69) is 31.0 Å². The normalized spacial score (nSPS) is 12.8. The molecule has 1 aliphatic rings. The largest absolute Gasteiger partial charge is 1.00 e. The molecule has 0 saturated carbocycles.